The third kappa shape index (κ3) is 4.26. The number of aromatic nitrogens is 1. The number of nitrogens with zero attached hydrogens (tertiary/aromatic N) is 2. The summed E-state index contributed by atoms with van der Waals surface area (Å²) in [4.78, 5) is 16.7. The summed E-state index contributed by atoms with van der Waals surface area (Å²) in [6.45, 7) is 0.522. The van der Waals surface area contributed by atoms with Gasteiger partial charge >= 0.3 is 0 Å². The van der Waals surface area contributed by atoms with Crippen molar-refractivity contribution in [3.05, 3.63) is 42.7 Å². The molecule has 1 N–H and O–H groups in total. The minimum absolute atomic E-state index is 0.135. The predicted molar refractivity (Wildman–Crippen MR) is 104 cm³/mol. The van der Waals surface area contributed by atoms with Gasteiger partial charge in [0.05, 0.1) is 20.1 Å². The number of benzene rings is 1. The van der Waals surface area contributed by atoms with Gasteiger partial charge in [-0.2, -0.15) is 4.31 Å². The fraction of sp³-hybridized carbons (Fsp3) is 0.368. The van der Waals surface area contributed by atoms with Crippen molar-refractivity contribution < 1.29 is 22.7 Å². The number of hydrogen-bond donors (Lipinski definition) is 1. The van der Waals surface area contributed by atoms with E-state index < -0.39 is 15.9 Å². The molecular weight excluding hydrogens is 382 g/mol. The van der Waals surface area contributed by atoms with Crippen molar-refractivity contribution in [1.29, 1.82) is 0 Å². The topological polar surface area (TPSA) is 97.8 Å². The van der Waals surface area contributed by atoms with Gasteiger partial charge in [-0.1, -0.05) is 0 Å². The molecule has 0 spiro atoms. The maximum Gasteiger partial charge on any atom is 0.244 e. The molecule has 1 saturated heterocycles. The minimum Gasteiger partial charge on any atom is -0.493 e. The van der Waals surface area contributed by atoms with Gasteiger partial charge in [-0.05, 0) is 37.1 Å². The van der Waals surface area contributed by atoms with E-state index in [1.165, 1.54) is 37.0 Å². The highest BCUT2D eigenvalue weighted by Gasteiger charge is 2.33. The summed E-state index contributed by atoms with van der Waals surface area (Å²) in [6, 6.07) is 8.18. The highest BCUT2D eigenvalue weighted by atomic mass is 32.2. The Balaban J connectivity index is 1.71. The molecule has 1 amide bonds. The highest BCUT2D eigenvalue weighted by molar-refractivity contribution is 7.89. The van der Waals surface area contributed by atoms with Crippen LogP contribution in [0.4, 0.5) is 5.69 Å². The Hall–Kier alpha value is -2.65. The molecule has 0 radical (unpaired) electrons. The zero-order chi connectivity index (χ0) is 20.1. The Bertz CT molecular complexity index is 934. The number of amides is 1. The van der Waals surface area contributed by atoms with Gasteiger partial charge in [0.1, 0.15) is 4.90 Å². The molecule has 3 rings (SSSR count). The zero-order valence-corrected chi connectivity index (χ0v) is 16.6. The first kappa shape index (κ1) is 20.1. The van der Waals surface area contributed by atoms with Gasteiger partial charge in [-0.3, -0.25) is 9.78 Å². The number of hydrogen-bond acceptors (Lipinski definition) is 6. The molecule has 1 aliphatic heterocycles. The summed E-state index contributed by atoms with van der Waals surface area (Å²) in [6.07, 6.45) is 4.08. The molecule has 2 heterocycles. The number of methoxy groups -OCH3 is 2. The van der Waals surface area contributed by atoms with Crippen molar-refractivity contribution in [2.45, 2.75) is 17.7 Å². The first-order valence-electron chi connectivity index (χ1n) is 8.88. The number of piperidine rings is 1. The number of carbonyl (C=O) groups is 1. The van der Waals surface area contributed by atoms with Crippen LogP contribution in [-0.2, 0) is 14.8 Å². The molecule has 1 aromatic carbocycles. The van der Waals surface area contributed by atoms with E-state index in [1.54, 1.807) is 24.3 Å². The van der Waals surface area contributed by atoms with Crippen LogP contribution in [0.3, 0.4) is 0 Å². The maximum absolute atomic E-state index is 12.8. The van der Waals surface area contributed by atoms with E-state index in [2.05, 4.69) is 10.3 Å². The van der Waals surface area contributed by atoms with Gasteiger partial charge in [0.25, 0.3) is 0 Å². The monoisotopic (exact) mass is 405 g/mol. The largest absolute Gasteiger partial charge is 0.493 e. The second kappa shape index (κ2) is 8.57. The summed E-state index contributed by atoms with van der Waals surface area (Å²) in [7, 11) is -0.610. The lowest BCUT2D eigenvalue weighted by Crippen LogP contribution is -2.43. The molecule has 1 atom stereocenters. The molecule has 28 heavy (non-hydrogen) atoms. The molecule has 1 unspecified atom stereocenters. The number of pyridine rings is 1. The zero-order valence-electron chi connectivity index (χ0n) is 15.8. The van der Waals surface area contributed by atoms with Crippen molar-refractivity contribution in [3.8, 4) is 11.5 Å². The number of sulfonamides is 1. The molecule has 9 heteroatoms. The van der Waals surface area contributed by atoms with Crippen molar-refractivity contribution in [2.75, 3.05) is 32.6 Å². The van der Waals surface area contributed by atoms with E-state index in [4.69, 9.17) is 9.47 Å². The summed E-state index contributed by atoms with van der Waals surface area (Å²) in [5.74, 6) is 0.406. The van der Waals surface area contributed by atoms with Crippen LogP contribution in [0, 0.1) is 5.92 Å². The summed E-state index contributed by atoms with van der Waals surface area (Å²) in [5, 5.41) is 2.84. The quantitative estimate of drug-likeness (QED) is 0.791. The summed E-state index contributed by atoms with van der Waals surface area (Å²) in [5.41, 5.74) is 0.565. The number of rotatable bonds is 6. The van der Waals surface area contributed by atoms with E-state index in [9.17, 15) is 13.2 Å². The Kier molecular flexibility index (Phi) is 6.15. The predicted octanol–water partition coefficient (Wildman–Crippen LogP) is 2.14. The lowest BCUT2D eigenvalue weighted by molar-refractivity contribution is -0.120. The van der Waals surface area contributed by atoms with Crippen LogP contribution in [-0.4, -0.2) is 50.9 Å². The molecule has 1 aromatic heterocycles. The first-order chi connectivity index (χ1) is 13.5. The van der Waals surface area contributed by atoms with Crippen molar-refractivity contribution >= 4 is 21.6 Å². The Morgan fingerprint density at radius 1 is 1.21 bits per heavy atom. The van der Waals surface area contributed by atoms with Gasteiger partial charge in [0.15, 0.2) is 11.5 Å². The molecule has 150 valence electrons. The van der Waals surface area contributed by atoms with Crippen LogP contribution in [0.1, 0.15) is 12.8 Å². The van der Waals surface area contributed by atoms with Crippen molar-refractivity contribution in [3.63, 3.8) is 0 Å². The van der Waals surface area contributed by atoms with Crippen LogP contribution >= 0.6 is 0 Å². The molecular formula is C19H23N3O5S. The highest BCUT2D eigenvalue weighted by Crippen LogP contribution is 2.30. The van der Waals surface area contributed by atoms with Gasteiger partial charge in [0.2, 0.25) is 15.9 Å². The van der Waals surface area contributed by atoms with E-state index in [1.807, 2.05) is 0 Å². The maximum atomic E-state index is 12.8. The fourth-order valence-electron chi connectivity index (χ4n) is 3.18. The Morgan fingerprint density at radius 2 is 2.00 bits per heavy atom. The van der Waals surface area contributed by atoms with E-state index >= 15 is 0 Å². The Morgan fingerprint density at radius 3 is 2.68 bits per heavy atom. The van der Waals surface area contributed by atoms with Gasteiger partial charge in [-0.15, -0.1) is 0 Å². The summed E-state index contributed by atoms with van der Waals surface area (Å²) >= 11 is 0. The van der Waals surface area contributed by atoms with E-state index in [-0.39, 0.29) is 17.3 Å². The fourth-order valence-corrected chi connectivity index (χ4v) is 4.67. The number of carbonyl (C=O) groups excluding carboxylic acids is 1. The molecule has 0 aliphatic carbocycles. The standard InChI is InChI=1S/C19H23N3O5S/c1-26-17-8-7-15(11-18(17)27-2)21-19(23)14-5-4-10-22(13-14)28(24,25)16-6-3-9-20-12-16/h3,6-9,11-12,14H,4-5,10,13H2,1-2H3,(H,21,23). The molecule has 2 aromatic rings. The molecule has 1 aliphatic rings. The van der Waals surface area contributed by atoms with Crippen LogP contribution in [0.25, 0.3) is 0 Å². The average Bonchev–Trinajstić information content (AvgIpc) is 2.74. The number of anilines is 1. The summed E-state index contributed by atoms with van der Waals surface area (Å²) < 4.78 is 37.4. The SMILES string of the molecule is COc1ccc(NC(=O)C2CCCN(S(=O)(=O)c3cccnc3)C2)cc1OC. The van der Waals surface area contributed by atoms with Crippen LogP contribution in [0.5, 0.6) is 11.5 Å². The van der Waals surface area contributed by atoms with Crippen LogP contribution in [0.2, 0.25) is 0 Å². The molecule has 0 bridgehead atoms. The Labute approximate surface area is 164 Å². The van der Waals surface area contributed by atoms with Gasteiger partial charge in [-0.25, -0.2) is 8.42 Å². The first-order valence-corrected chi connectivity index (χ1v) is 10.3. The average molecular weight is 405 g/mol. The third-order valence-electron chi connectivity index (χ3n) is 4.68. The number of nitrogens with one attached hydrogen (secondary N) is 1. The van der Waals surface area contributed by atoms with Crippen LogP contribution < -0.4 is 14.8 Å². The van der Waals surface area contributed by atoms with Crippen molar-refractivity contribution in [1.82, 2.24) is 9.29 Å². The number of ether oxygens (including phenoxy) is 2. The molecule has 0 saturated carbocycles. The van der Waals surface area contributed by atoms with E-state index in [0.29, 0.717) is 36.6 Å². The normalized spacial score (nSPS) is 17.7. The second-order valence-electron chi connectivity index (χ2n) is 6.45. The lowest BCUT2D eigenvalue weighted by Gasteiger charge is -2.31. The van der Waals surface area contributed by atoms with Crippen molar-refractivity contribution in [2.24, 2.45) is 5.92 Å². The van der Waals surface area contributed by atoms with Gasteiger partial charge in [0, 0.05) is 37.2 Å². The van der Waals surface area contributed by atoms with E-state index in [0.717, 1.165) is 0 Å². The smallest absolute Gasteiger partial charge is 0.244 e. The van der Waals surface area contributed by atoms with Gasteiger partial charge < -0.3 is 14.8 Å². The lowest BCUT2D eigenvalue weighted by atomic mass is 9.98. The second-order valence-corrected chi connectivity index (χ2v) is 8.39. The molecule has 8 nitrogen and oxygen atoms in total. The van der Waals surface area contributed by atoms with Crippen LogP contribution in [0.15, 0.2) is 47.6 Å². The third-order valence-corrected chi connectivity index (χ3v) is 6.53. The minimum atomic E-state index is -3.67. The molecule has 1 fully saturated rings.